The Labute approximate surface area is 215 Å². The Bertz CT molecular complexity index is 1140. The van der Waals surface area contributed by atoms with Crippen molar-refractivity contribution in [1.29, 1.82) is 0 Å². The second-order valence-corrected chi connectivity index (χ2v) is 8.82. The first-order valence-electron chi connectivity index (χ1n) is 11.9. The number of carbonyl (C=O) groups is 2. The molecule has 1 aliphatic heterocycles. The van der Waals surface area contributed by atoms with Crippen LogP contribution in [-0.2, 0) is 22.6 Å². The maximum atomic E-state index is 13.0. The van der Waals surface area contributed by atoms with Crippen LogP contribution >= 0.6 is 0 Å². The van der Waals surface area contributed by atoms with Crippen molar-refractivity contribution in [1.82, 2.24) is 19.8 Å². The van der Waals surface area contributed by atoms with Crippen molar-refractivity contribution in [2.75, 3.05) is 20.1 Å². The summed E-state index contributed by atoms with van der Waals surface area (Å²) in [6.07, 6.45) is -6.93. The zero-order valence-corrected chi connectivity index (χ0v) is 21.1. The molecule has 1 fully saturated rings. The number of likely N-dealkylation sites (tertiary alicyclic amines) is 1. The fraction of sp³-hybridized carbons (Fsp3) is 0.520. The molecule has 2 rings (SSSR count). The molecule has 0 radical (unpaired) electrons. The molecule has 13 heteroatoms. The van der Waals surface area contributed by atoms with E-state index in [2.05, 4.69) is 16.9 Å². The number of aromatic nitrogens is 2. The van der Waals surface area contributed by atoms with E-state index in [4.69, 9.17) is 0 Å². The molecule has 0 bridgehead atoms. The van der Waals surface area contributed by atoms with Gasteiger partial charge in [0, 0.05) is 50.5 Å². The van der Waals surface area contributed by atoms with Crippen LogP contribution in [0.3, 0.4) is 0 Å². The number of allylic oxidation sites excluding steroid dienone is 5. The van der Waals surface area contributed by atoms with E-state index in [1.165, 1.54) is 24.9 Å². The van der Waals surface area contributed by atoms with Gasteiger partial charge in [-0.2, -0.15) is 26.3 Å². The quantitative estimate of drug-likeness (QED) is 0.371. The second kappa shape index (κ2) is 12.9. The average Bonchev–Trinajstić information content (AvgIpc) is 2.84. The van der Waals surface area contributed by atoms with E-state index < -0.39 is 48.8 Å². The number of piperidine rings is 1. The van der Waals surface area contributed by atoms with Crippen LogP contribution < -0.4 is 10.9 Å². The van der Waals surface area contributed by atoms with Crippen LogP contribution in [0.5, 0.6) is 0 Å². The van der Waals surface area contributed by atoms with Crippen LogP contribution in [-0.4, -0.2) is 58.8 Å². The number of aryl methyl sites for hydroxylation is 1. The van der Waals surface area contributed by atoms with Crippen LogP contribution in [0.4, 0.5) is 26.3 Å². The predicted molar refractivity (Wildman–Crippen MR) is 129 cm³/mol. The Morgan fingerprint density at radius 1 is 1.16 bits per heavy atom. The van der Waals surface area contributed by atoms with Crippen LogP contribution in [0, 0.1) is 5.92 Å². The fourth-order valence-electron chi connectivity index (χ4n) is 3.95. The summed E-state index contributed by atoms with van der Waals surface area (Å²) in [5, 5.41) is 2.56. The van der Waals surface area contributed by atoms with Gasteiger partial charge in [-0.05, 0) is 37.8 Å². The number of carbonyl (C=O) groups excluding carboxylic acids is 2. The molecular formula is C25H30F6N4O3. The monoisotopic (exact) mass is 548 g/mol. The topological polar surface area (TPSA) is 84.3 Å². The molecule has 1 N–H and O–H groups in total. The highest BCUT2D eigenvalue weighted by atomic mass is 19.4. The molecule has 2 heterocycles. The first-order chi connectivity index (χ1) is 17.7. The van der Waals surface area contributed by atoms with Crippen LogP contribution in [0.1, 0.15) is 44.1 Å². The van der Waals surface area contributed by atoms with Gasteiger partial charge in [-0.3, -0.25) is 19.0 Å². The number of halogens is 6. The molecule has 1 aliphatic rings. The molecule has 0 atom stereocenters. The van der Waals surface area contributed by atoms with Gasteiger partial charge in [0.1, 0.15) is 12.4 Å². The lowest BCUT2D eigenvalue weighted by Gasteiger charge is -2.31. The van der Waals surface area contributed by atoms with E-state index in [-0.39, 0.29) is 48.4 Å². The number of nitrogens with zero attached hydrogens (tertiary/aromatic N) is 3. The molecule has 1 aromatic heterocycles. The van der Waals surface area contributed by atoms with Crippen molar-refractivity contribution in [3.05, 3.63) is 58.3 Å². The molecule has 0 unspecified atom stereocenters. The van der Waals surface area contributed by atoms with Crippen molar-refractivity contribution in [3.8, 4) is 0 Å². The highest BCUT2D eigenvalue weighted by molar-refractivity contribution is 5.80. The molecule has 0 aliphatic carbocycles. The molecule has 0 spiro atoms. The smallest absolute Gasteiger partial charge is 0.359 e. The maximum absolute atomic E-state index is 13.0. The minimum atomic E-state index is -4.66. The van der Waals surface area contributed by atoms with Gasteiger partial charge in [-0.1, -0.05) is 18.7 Å². The van der Waals surface area contributed by atoms with Gasteiger partial charge >= 0.3 is 12.4 Å². The Morgan fingerprint density at radius 2 is 1.79 bits per heavy atom. The summed E-state index contributed by atoms with van der Waals surface area (Å²) >= 11 is 0. The minimum absolute atomic E-state index is 0.0409. The van der Waals surface area contributed by atoms with Gasteiger partial charge in [0.2, 0.25) is 11.8 Å². The predicted octanol–water partition coefficient (Wildman–Crippen LogP) is 4.19. The number of amides is 2. The Morgan fingerprint density at radius 3 is 2.32 bits per heavy atom. The van der Waals surface area contributed by atoms with Crippen molar-refractivity contribution >= 4 is 17.4 Å². The number of alkyl halides is 6. The van der Waals surface area contributed by atoms with Gasteiger partial charge in [0.15, 0.2) is 0 Å². The van der Waals surface area contributed by atoms with Gasteiger partial charge in [-0.25, -0.2) is 4.98 Å². The van der Waals surface area contributed by atoms with Crippen molar-refractivity contribution < 1.29 is 35.9 Å². The standard InChI is InChI=1S/C25H30F6N4O3/c1-4-17(8-7-16(2)25(29,30)31)19-14-21(36)35(20(33-19)6-5-11-24(26,27)28)15-22(37)34-12-9-18(10-13-34)23(38)32-3/h4,7-8,14,18H,2,5-6,9-13,15H2,1,3H3,(H,32,38)/b8-7-,17-4+. The van der Waals surface area contributed by atoms with E-state index in [9.17, 15) is 40.7 Å². The molecule has 1 aromatic rings. The van der Waals surface area contributed by atoms with Crippen LogP contribution in [0.2, 0.25) is 0 Å². The lowest BCUT2D eigenvalue weighted by molar-refractivity contribution is -0.136. The van der Waals surface area contributed by atoms with Gasteiger partial charge in [0.05, 0.1) is 5.69 Å². The number of hydrogen-bond donors (Lipinski definition) is 1. The Balaban J connectivity index is 2.32. The van der Waals surface area contributed by atoms with Gasteiger partial charge in [-0.15, -0.1) is 0 Å². The fourth-order valence-corrected chi connectivity index (χ4v) is 3.95. The number of nitrogens with one attached hydrogen (secondary N) is 1. The molecule has 2 amide bonds. The summed E-state index contributed by atoms with van der Waals surface area (Å²) in [5.74, 6) is -0.923. The Hall–Kier alpha value is -3.38. The third kappa shape index (κ3) is 8.88. The summed E-state index contributed by atoms with van der Waals surface area (Å²) in [6, 6.07) is 1.02. The third-order valence-electron chi connectivity index (χ3n) is 6.14. The normalized spacial score (nSPS) is 15.7. The largest absolute Gasteiger partial charge is 0.415 e. The van der Waals surface area contributed by atoms with E-state index in [1.807, 2.05) is 0 Å². The zero-order chi connectivity index (χ0) is 28.7. The maximum Gasteiger partial charge on any atom is 0.415 e. The van der Waals surface area contributed by atoms with Gasteiger partial charge < -0.3 is 10.2 Å². The number of hydrogen-bond acceptors (Lipinski definition) is 4. The first-order valence-corrected chi connectivity index (χ1v) is 11.9. The van der Waals surface area contributed by atoms with Crippen molar-refractivity contribution in [2.24, 2.45) is 5.92 Å². The van der Waals surface area contributed by atoms with Gasteiger partial charge in [0.25, 0.3) is 5.56 Å². The lowest BCUT2D eigenvalue weighted by atomic mass is 9.96. The van der Waals surface area contributed by atoms with E-state index in [0.29, 0.717) is 18.9 Å². The molecule has 7 nitrogen and oxygen atoms in total. The number of rotatable bonds is 9. The van der Waals surface area contributed by atoms with E-state index in [1.54, 1.807) is 0 Å². The van der Waals surface area contributed by atoms with E-state index in [0.717, 1.165) is 16.7 Å². The second-order valence-electron chi connectivity index (χ2n) is 8.82. The summed E-state index contributed by atoms with van der Waals surface area (Å²) < 4.78 is 77.6. The molecule has 210 valence electrons. The van der Waals surface area contributed by atoms with Crippen LogP contribution in [0.25, 0.3) is 5.57 Å². The summed E-state index contributed by atoms with van der Waals surface area (Å²) in [4.78, 5) is 43.4. The Kier molecular flexibility index (Phi) is 10.5. The summed E-state index contributed by atoms with van der Waals surface area (Å²) in [6.45, 7) is 4.52. The highest BCUT2D eigenvalue weighted by Gasteiger charge is 2.30. The summed E-state index contributed by atoms with van der Waals surface area (Å²) in [5.41, 5.74) is -1.78. The van der Waals surface area contributed by atoms with E-state index >= 15 is 0 Å². The highest BCUT2D eigenvalue weighted by Crippen LogP contribution is 2.26. The SMILES string of the molecule is C=C(/C=C\C(=C/C)c1cc(=O)n(CC(=O)N2CCC(C(=O)NC)CC2)c(CCCC(F)(F)F)n1)C(F)(F)F. The molecule has 0 saturated carbocycles. The minimum Gasteiger partial charge on any atom is -0.359 e. The zero-order valence-electron chi connectivity index (χ0n) is 21.1. The third-order valence-corrected chi connectivity index (χ3v) is 6.14. The molecule has 0 aromatic carbocycles. The average molecular weight is 549 g/mol. The lowest BCUT2D eigenvalue weighted by Crippen LogP contribution is -2.44. The first kappa shape index (κ1) is 30.8. The van der Waals surface area contributed by atoms with Crippen LogP contribution in [0.15, 0.2) is 41.2 Å². The molecule has 38 heavy (non-hydrogen) atoms. The summed E-state index contributed by atoms with van der Waals surface area (Å²) in [7, 11) is 1.52. The molecule has 1 saturated heterocycles. The molecular weight excluding hydrogens is 518 g/mol. The van der Waals surface area contributed by atoms with Crippen molar-refractivity contribution in [3.63, 3.8) is 0 Å². The van der Waals surface area contributed by atoms with Crippen molar-refractivity contribution in [2.45, 2.75) is 57.9 Å².